The van der Waals surface area contributed by atoms with Crippen molar-refractivity contribution in [2.45, 2.75) is 42.7 Å². The van der Waals surface area contributed by atoms with Crippen LogP contribution in [0.25, 0.3) is 0 Å². The van der Waals surface area contributed by atoms with Crippen LogP contribution in [0.5, 0.6) is 0 Å². The van der Waals surface area contributed by atoms with Gasteiger partial charge in [-0.15, -0.1) is 0 Å². The SMILES string of the molecule is O=[N+]([O-])c1ccc(SN2[C@H]3CCCC[C@@H]32)c([N+](=O)[O-])c1. The van der Waals surface area contributed by atoms with Gasteiger partial charge >= 0.3 is 0 Å². The minimum Gasteiger partial charge on any atom is -0.258 e. The average Bonchev–Trinajstić information content (AvgIpc) is 3.12. The molecule has 20 heavy (non-hydrogen) atoms. The molecule has 1 aromatic rings. The molecule has 0 N–H and O–H groups in total. The summed E-state index contributed by atoms with van der Waals surface area (Å²) in [5.74, 6) is 0. The van der Waals surface area contributed by atoms with Gasteiger partial charge in [0.15, 0.2) is 0 Å². The normalized spacial score (nSPS) is 27.7. The largest absolute Gasteiger partial charge is 0.291 e. The number of nitrogens with zero attached hydrogens (tertiary/aromatic N) is 3. The molecule has 2 atom stereocenters. The number of fused-ring (bicyclic) bond motifs is 1. The molecule has 8 heteroatoms. The van der Waals surface area contributed by atoms with Crippen molar-refractivity contribution < 1.29 is 9.85 Å². The molecule has 1 saturated heterocycles. The van der Waals surface area contributed by atoms with Crippen LogP contribution in [0.3, 0.4) is 0 Å². The maximum Gasteiger partial charge on any atom is 0.291 e. The maximum atomic E-state index is 11.1. The van der Waals surface area contributed by atoms with Gasteiger partial charge in [0.2, 0.25) is 0 Å². The minimum absolute atomic E-state index is 0.187. The number of nitro benzene ring substituents is 2. The van der Waals surface area contributed by atoms with E-state index in [4.69, 9.17) is 0 Å². The van der Waals surface area contributed by atoms with Crippen LogP contribution in [0.4, 0.5) is 11.4 Å². The first-order chi connectivity index (χ1) is 9.58. The molecular weight excluding hydrogens is 282 g/mol. The van der Waals surface area contributed by atoms with E-state index in [1.54, 1.807) is 0 Å². The third-order valence-corrected chi connectivity index (χ3v) is 5.11. The molecular formula is C12H13N3O4S. The van der Waals surface area contributed by atoms with E-state index in [1.165, 1.54) is 36.9 Å². The molecule has 3 rings (SSSR count). The summed E-state index contributed by atoms with van der Waals surface area (Å²) in [5.41, 5.74) is -0.433. The van der Waals surface area contributed by atoms with Gasteiger partial charge in [-0.05, 0) is 30.9 Å². The Morgan fingerprint density at radius 1 is 1.10 bits per heavy atom. The molecule has 1 aromatic carbocycles. The first-order valence-corrected chi connectivity index (χ1v) is 7.24. The molecule has 1 aliphatic heterocycles. The van der Waals surface area contributed by atoms with Gasteiger partial charge in [0.25, 0.3) is 11.4 Å². The summed E-state index contributed by atoms with van der Waals surface area (Å²) in [5, 5.41) is 21.8. The van der Waals surface area contributed by atoms with Crippen molar-refractivity contribution in [2.75, 3.05) is 0 Å². The fourth-order valence-corrected chi connectivity index (χ4v) is 4.04. The first-order valence-electron chi connectivity index (χ1n) is 6.47. The molecule has 0 spiro atoms. The molecule has 1 heterocycles. The second-order valence-corrected chi connectivity index (χ2v) is 6.08. The molecule has 0 bridgehead atoms. The molecule has 1 aliphatic carbocycles. The topological polar surface area (TPSA) is 89.3 Å². The quantitative estimate of drug-likeness (QED) is 0.367. The second-order valence-electron chi connectivity index (χ2n) is 5.04. The Labute approximate surface area is 119 Å². The lowest BCUT2D eigenvalue weighted by Gasteiger charge is -2.03. The average molecular weight is 295 g/mol. The molecule has 0 radical (unpaired) electrons. The van der Waals surface area contributed by atoms with Gasteiger partial charge in [-0.3, -0.25) is 20.2 Å². The van der Waals surface area contributed by atoms with Gasteiger partial charge in [0, 0.05) is 18.2 Å². The zero-order valence-corrected chi connectivity index (χ0v) is 11.4. The zero-order valence-electron chi connectivity index (χ0n) is 10.6. The van der Waals surface area contributed by atoms with Crippen molar-refractivity contribution >= 4 is 23.3 Å². The van der Waals surface area contributed by atoms with E-state index in [9.17, 15) is 20.2 Å². The lowest BCUT2D eigenvalue weighted by Crippen LogP contribution is -2.00. The highest BCUT2D eigenvalue weighted by Crippen LogP contribution is 2.49. The van der Waals surface area contributed by atoms with Crippen LogP contribution in [0.1, 0.15) is 25.7 Å². The lowest BCUT2D eigenvalue weighted by molar-refractivity contribution is -0.396. The van der Waals surface area contributed by atoms with E-state index in [-0.39, 0.29) is 11.4 Å². The maximum absolute atomic E-state index is 11.1. The van der Waals surface area contributed by atoms with Crippen LogP contribution in [0.2, 0.25) is 0 Å². The highest BCUT2D eigenvalue weighted by molar-refractivity contribution is 7.97. The predicted molar refractivity (Wildman–Crippen MR) is 73.5 cm³/mol. The number of hydrogen-bond acceptors (Lipinski definition) is 6. The third kappa shape index (κ3) is 2.36. The van der Waals surface area contributed by atoms with Crippen LogP contribution < -0.4 is 0 Å². The van der Waals surface area contributed by atoms with Crippen LogP contribution >= 0.6 is 11.9 Å². The second kappa shape index (κ2) is 5.02. The Morgan fingerprint density at radius 3 is 2.30 bits per heavy atom. The van der Waals surface area contributed by atoms with E-state index in [0.29, 0.717) is 17.0 Å². The van der Waals surface area contributed by atoms with Crippen molar-refractivity contribution in [3.05, 3.63) is 38.4 Å². The van der Waals surface area contributed by atoms with Crippen molar-refractivity contribution in [3.8, 4) is 0 Å². The Kier molecular flexibility index (Phi) is 3.35. The lowest BCUT2D eigenvalue weighted by atomic mass is 10.0. The highest BCUT2D eigenvalue weighted by atomic mass is 32.2. The van der Waals surface area contributed by atoms with E-state index in [1.807, 2.05) is 0 Å². The van der Waals surface area contributed by atoms with Crippen LogP contribution in [-0.4, -0.2) is 26.2 Å². The van der Waals surface area contributed by atoms with E-state index in [0.717, 1.165) is 18.9 Å². The number of non-ortho nitro benzene ring substituents is 1. The van der Waals surface area contributed by atoms with Gasteiger partial charge in [-0.1, -0.05) is 12.8 Å². The van der Waals surface area contributed by atoms with Crippen LogP contribution in [0, 0.1) is 20.2 Å². The van der Waals surface area contributed by atoms with Gasteiger partial charge in [0.05, 0.1) is 15.9 Å². The van der Waals surface area contributed by atoms with Crippen molar-refractivity contribution in [3.63, 3.8) is 0 Å². The molecule has 1 saturated carbocycles. The Hall–Kier alpha value is -1.67. The van der Waals surface area contributed by atoms with Crippen LogP contribution in [-0.2, 0) is 0 Å². The molecule has 0 aromatic heterocycles. The molecule has 7 nitrogen and oxygen atoms in total. The number of hydrogen-bond donors (Lipinski definition) is 0. The van der Waals surface area contributed by atoms with Gasteiger partial charge in [0.1, 0.15) is 4.90 Å². The highest BCUT2D eigenvalue weighted by Gasteiger charge is 2.49. The van der Waals surface area contributed by atoms with Gasteiger partial charge in [-0.2, -0.15) is 0 Å². The van der Waals surface area contributed by atoms with Crippen molar-refractivity contribution in [1.82, 2.24) is 4.31 Å². The Bertz CT molecular complexity index is 568. The number of benzene rings is 1. The van der Waals surface area contributed by atoms with Crippen LogP contribution in [0.15, 0.2) is 23.1 Å². The summed E-state index contributed by atoms with van der Waals surface area (Å²) in [6.07, 6.45) is 4.69. The fourth-order valence-electron chi connectivity index (χ4n) is 2.74. The van der Waals surface area contributed by atoms with E-state index >= 15 is 0 Å². The molecule has 106 valence electrons. The first kappa shape index (κ1) is 13.3. The van der Waals surface area contributed by atoms with Gasteiger partial charge < -0.3 is 0 Å². The monoisotopic (exact) mass is 295 g/mol. The van der Waals surface area contributed by atoms with Crippen molar-refractivity contribution in [2.24, 2.45) is 0 Å². The van der Waals surface area contributed by atoms with E-state index in [2.05, 4.69) is 4.31 Å². The molecule has 0 unspecified atom stereocenters. The third-order valence-electron chi connectivity index (χ3n) is 3.81. The summed E-state index contributed by atoms with van der Waals surface area (Å²) in [6, 6.07) is 4.87. The summed E-state index contributed by atoms with van der Waals surface area (Å²) < 4.78 is 2.18. The van der Waals surface area contributed by atoms with Crippen molar-refractivity contribution in [1.29, 1.82) is 0 Å². The number of rotatable bonds is 4. The fraction of sp³-hybridized carbons (Fsp3) is 0.500. The summed E-state index contributed by atoms with van der Waals surface area (Å²) in [6.45, 7) is 0. The standard InChI is InChI=1S/C12H13N3O4S/c16-14(17)8-5-6-12(11(7-8)15(18)19)20-13-9-3-1-2-4-10(9)13/h5-7,9-10H,1-4H2/t9-,10-/m0/s1. The summed E-state index contributed by atoms with van der Waals surface area (Å²) >= 11 is 1.36. The Morgan fingerprint density at radius 2 is 1.75 bits per heavy atom. The Balaban J connectivity index is 1.82. The zero-order chi connectivity index (χ0) is 14.3. The minimum atomic E-state index is -0.612. The predicted octanol–water partition coefficient (Wildman–Crippen LogP) is 3.14. The number of nitro groups is 2. The summed E-state index contributed by atoms with van der Waals surface area (Å²) in [7, 11) is 0. The van der Waals surface area contributed by atoms with Gasteiger partial charge in [-0.25, -0.2) is 4.31 Å². The molecule has 2 fully saturated rings. The van der Waals surface area contributed by atoms with E-state index < -0.39 is 9.85 Å². The molecule has 0 amide bonds. The molecule has 2 aliphatic rings. The smallest absolute Gasteiger partial charge is 0.258 e. The summed E-state index contributed by atoms with van der Waals surface area (Å²) in [4.78, 5) is 21.1.